The molecule has 150 valence electrons. The molecule has 10 heteroatoms. The molecule has 2 amide bonds. The Morgan fingerprint density at radius 3 is 2.70 bits per heavy atom. The fraction of sp³-hybridized carbons (Fsp3) is 0.529. The lowest BCUT2D eigenvalue weighted by Gasteiger charge is -2.34. The second-order valence-corrected chi connectivity index (χ2v) is 6.49. The number of carboxylic acid groups (broad SMARTS) is 1. The van der Waals surface area contributed by atoms with Gasteiger partial charge in [-0.15, -0.1) is 0 Å². The fourth-order valence-corrected chi connectivity index (χ4v) is 2.92. The number of nitrogens with one attached hydrogen (secondary N) is 1. The first-order chi connectivity index (χ1) is 12.6. The van der Waals surface area contributed by atoms with Crippen molar-refractivity contribution < 1.29 is 32.6 Å². The summed E-state index contributed by atoms with van der Waals surface area (Å²) in [5, 5.41) is 11.4. The number of hydrogen-bond donors (Lipinski definition) is 2. The third-order valence-corrected chi connectivity index (χ3v) is 4.13. The number of morpholine rings is 1. The van der Waals surface area contributed by atoms with E-state index in [9.17, 15) is 22.8 Å². The van der Waals surface area contributed by atoms with Crippen LogP contribution in [0.5, 0.6) is 0 Å². The van der Waals surface area contributed by atoms with Crippen molar-refractivity contribution in [1.29, 1.82) is 0 Å². The number of alkyl halides is 3. The summed E-state index contributed by atoms with van der Waals surface area (Å²) < 4.78 is 44.0. The highest BCUT2D eigenvalue weighted by atomic mass is 19.4. The lowest BCUT2D eigenvalue weighted by Crippen LogP contribution is -2.50. The molecule has 0 bridgehead atoms. The standard InChI is InChI=1S/C17H22F3N3O4/c1-11-7-12(3-4-14(11)17(18,19)20)21-16(26)23-5-6-27-13(9-23)8-22(2)10-15(24)25/h3-4,7,13H,5-6,8-10H2,1-2H3,(H,21,26)(H,24,25). The lowest BCUT2D eigenvalue weighted by atomic mass is 10.1. The molecule has 2 N–H and O–H groups in total. The number of urea groups is 1. The van der Waals surface area contributed by atoms with Gasteiger partial charge >= 0.3 is 18.2 Å². The summed E-state index contributed by atoms with van der Waals surface area (Å²) in [6.45, 7) is 2.43. The maximum Gasteiger partial charge on any atom is 0.416 e. The number of aliphatic carboxylic acids is 1. The summed E-state index contributed by atoms with van der Waals surface area (Å²) in [6.07, 6.45) is -4.78. The summed E-state index contributed by atoms with van der Waals surface area (Å²) in [5.74, 6) is -0.958. The van der Waals surface area contributed by atoms with Gasteiger partial charge in [-0.05, 0) is 37.7 Å². The van der Waals surface area contributed by atoms with Gasteiger partial charge in [0.05, 0.1) is 24.8 Å². The number of nitrogens with zero attached hydrogens (tertiary/aromatic N) is 2. The number of benzene rings is 1. The van der Waals surface area contributed by atoms with Gasteiger partial charge in [0.2, 0.25) is 0 Å². The molecule has 1 aromatic carbocycles. The summed E-state index contributed by atoms with van der Waals surface area (Å²) >= 11 is 0. The normalized spacial score (nSPS) is 17.9. The Morgan fingerprint density at radius 2 is 2.11 bits per heavy atom. The maximum atomic E-state index is 12.8. The Kier molecular flexibility index (Phi) is 6.66. The van der Waals surface area contributed by atoms with Crippen molar-refractivity contribution in [3.8, 4) is 0 Å². The van der Waals surface area contributed by atoms with Crippen molar-refractivity contribution in [3.63, 3.8) is 0 Å². The molecule has 2 rings (SSSR count). The van der Waals surface area contributed by atoms with E-state index >= 15 is 0 Å². The SMILES string of the molecule is Cc1cc(NC(=O)N2CCOC(CN(C)CC(=O)O)C2)ccc1C(F)(F)F. The molecule has 0 aliphatic carbocycles. The average molecular weight is 389 g/mol. The maximum absolute atomic E-state index is 12.8. The van der Waals surface area contributed by atoms with Gasteiger partial charge in [0, 0.05) is 25.3 Å². The third kappa shape index (κ3) is 6.10. The van der Waals surface area contributed by atoms with Crippen LogP contribution in [-0.4, -0.2) is 72.8 Å². The Balaban J connectivity index is 1.95. The minimum Gasteiger partial charge on any atom is -0.480 e. The molecule has 1 aliphatic rings. The first kappa shape index (κ1) is 21.0. The summed E-state index contributed by atoms with van der Waals surface area (Å²) in [6, 6.07) is 2.99. The first-order valence-electron chi connectivity index (χ1n) is 8.32. The molecular weight excluding hydrogens is 367 g/mol. The van der Waals surface area contributed by atoms with Crippen molar-refractivity contribution >= 4 is 17.7 Å². The topological polar surface area (TPSA) is 82.1 Å². The highest BCUT2D eigenvalue weighted by Gasteiger charge is 2.32. The van der Waals surface area contributed by atoms with E-state index in [0.29, 0.717) is 19.7 Å². The summed E-state index contributed by atoms with van der Waals surface area (Å²) in [7, 11) is 1.64. The van der Waals surface area contributed by atoms with Crippen LogP contribution in [-0.2, 0) is 15.7 Å². The van der Waals surface area contributed by atoms with Crippen molar-refractivity contribution in [2.75, 3.05) is 45.2 Å². The molecular formula is C17H22F3N3O4. The van der Waals surface area contributed by atoms with E-state index in [1.165, 1.54) is 24.0 Å². The van der Waals surface area contributed by atoms with Crippen molar-refractivity contribution in [2.45, 2.75) is 19.2 Å². The van der Waals surface area contributed by atoms with Crippen LogP contribution in [0.3, 0.4) is 0 Å². The van der Waals surface area contributed by atoms with Gasteiger partial charge in [-0.2, -0.15) is 13.2 Å². The minimum atomic E-state index is -4.44. The molecule has 1 fully saturated rings. The molecule has 0 spiro atoms. The third-order valence-electron chi connectivity index (χ3n) is 4.13. The molecule has 1 atom stereocenters. The van der Waals surface area contributed by atoms with Gasteiger partial charge in [-0.3, -0.25) is 9.69 Å². The monoisotopic (exact) mass is 389 g/mol. The van der Waals surface area contributed by atoms with Gasteiger partial charge in [0.25, 0.3) is 0 Å². The van der Waals surface area contributed by atoms with Crippen molar-refractivity contribution in [2.24, 2.45) is 0 Å². The van der Waals surface area contributed by atoms with E-state index in [1.54, 1.807) is 11.9 Å². The number of aryl methyl sites for hydroxylation is 1. The largest absolute Gasteiger partial charge is 0.480 e. The van der Waals surface area contributed by atoms with Crippen molar-refractivity contribution in [3.05, 3.63) is 29.3 Å². The molecule has 0 radical (unpaired) electrons. The molecule has 1 heterocycles. The number of carbonyl (C=O) groups excluding carboxylic acids is 1. The number of anilines is 1. The molecule has 27 heavy (non-hydrogen) atoms. The molecule has 7 nitrogen and oxygen atoms in total. The molecule has 1 unspecified atom stereocenters. The van der Waals surface area contributed by atoms with Crippen LogP contribution < -0.4 is 5.32 Å². The van der Waals surface area contributed by atoms with Gasteiger partial charge < -0.3 is 20.1 Å². The zero-order valence-corrected chi connectivity index (χ0v) is 15.0. The quantitative estimate of drug-likeness (QED) is 0.807. The van der Waals surface area contributed by atoms with Crippen LogP contribution in [0.25, 0.3) is 0 Å². The lowest BCUT2D eigenvalue weighted by molar-refractivity contribution is -0.139. The van der Waals surface area contributed by atoms with Crippen LogP contribution in [0.4, 0.5) is 23.7 Å². The van der Waals surface area contributed by atoms with Crippen LogP contribution >= 0.6 is 0 Å². The number of rotatable bonds is 5. The van der Waals surface area contributed by atoms with E-state index in [-0.39, 0.29) is 30.4 Å². The van der Waals surface area contributed by atoms with Gasteiger partial charge in [-0.1, -0.05) is 0 Å². The Hall–Kier alpha value is -2.33. The number of amides is 2. The Bertz CT molecular complexity index is 696. The predicted octanol–water partition coefficient (Wildman–Crippen LogP) is 2.26. The van der Waals surface area contributed by atoms with Gasteiger partial charge in [-0.25, -0.2) is 4.79 Å². The Morgan fingerprint density at radius 1 is 1.41 bits per heavy atom. The number of likely N-dealkylation sites (N-methyl/N-ethyl adjacent to an activating group) is 1. The van der Waals surface area contributed by atoms with E-state index in [0.717, 1.165) is 6.07 Å². The molecule has 1 saturated heterocycles. The van der Waals surface area contributed by atoms with E-state index in [2.05, 4.69) is 5.32 Å². The molecule has 0 aromatic heterocycles. The minimum absolute atomic E-state index is 0.0236. The summed E-state index contributed by atoms with van der Waals surface area (Å²) in [4.78, 5) is 26.2. The van der Waals surface area contributed by atoms with Crippen LogP contribution in [0.15, 0.2) is 18.2 Å². The second-order valence-electron chi connectivity index (χ2n) is 6.49. The number of ether oxygens (including phenoxy) is 1. The average Bonchev–Trinajstić information content (AvgIpc) is 2.53. The first-order valence-corrected chi connectivity index (χ1v) is 8.32. The zero-order valence-electron chi connectivity index (χ0n) is 15.0. The van der Waals surface area contributed by atoms with E-state index in [1.807, 2.05) is 0 Å². The fourth-order valence-electron chi connectivity index (χ4n) is 2.92. The smallest absolute Gasteiger partial charge is 0.416 e. The number of carbonyl (C=O) groups is 2. The van der Waals surface area contributed by atoms with Crippen LogP contribution in [0.2, 0.25) is 0 Å². The van der Waals surface area contributed by atoms with Crippen LogP contribution in [0.1, 0.15) is 11.1 Å². The molecule has 1 aliphatic heterocycles. The van der Waals surface area contributed by atoms with E-state index in [4.69, 9.17) is 9.84 Å². The van der Waals surface area contributed by atoms with E-state index < -0.39 is 23.7 Å². The highest BCUT2D eigenvalue weighted by molar-refractivity contribution is 5.89. The Labute approximate surface area is 154 Å². The summed E-state index contributed by atoms with van der Waals surface area (Å²) in [5.41, 5.74) is -0.444. The van der Waals surface area contributed by atoms with Gasteiger partial charge in [0.15, 0.2) is 0 Å². The van der Waals surface area contributed by atoms with Crippen LogP contribution in [0, 0.1) is 6.92 Å². The van der Waals surface area contributed by atoms with Crippen molar-refractivity contribution in [1.82, 2.24) is 9.80 Å². The number of halogens is 3. The molecule has 0 saturated carbocycles. The zero-order chi connectivity index (χ0) is 20.2. The predicted molar refractivity (Wildman–Crippen MR) is 91.6 cm³/mol. The highest BCUT2D eigenvalue weighted by Crippen LogP contribution is 2.32. The number of hydrogen-bond acceptors (Lipinski definition) is 4. The number of carboxylic acids is 1. The van der Waals surface area contributed by atoms with Gasteiger partial charge in [0.1, 0.15) is 0 Å². The molecule has 1 aromatic rings. The second kappa shape index (κ2) is 8.57.